The summed E-state index contributed by atoms with van der Waals surface area (Å²) in [5.74, 6) is 0.420. The highest BCUT2D eigenvalue weighted by molar-refractivity contribution is 6.31. The lowest BCUT2D eigenvalue weighted by molar-refractivity contribution is 0.277. The fourth-order valence-corrected chi connectivity index (χ4v) is 1.95. The third-order valence-electron chi connectivity index (χ3n) is 2.75. The molecule has 1 heterocycles. The maximum Gasteiger partial charge on any atom is 0.129 e. The number of hydrogen-bond acceptors (Lipinski definition) is 3. The average molecular weight is 281 g/mol. The Bertz CT molecular complexity index is 577. The van der Waals surface area contributed by atoms with Gasteiger partial charge in [-0.2, -0.15) is 0 Å². The molecule has 0 saturated carbocycles. The highest BCUT2D eigenvalue weighted by Gasteiger charge is 2.08. The average Bonchev–Trinajstić information content (AvgIpc) is 2.39. The van der Waals surface area contributed by atoms with E-state index in [0.717, 1.165) is 5.56 Å². The summed E-state index contributed by atoms with van der Waals surface area (Å²) in [4.78, 5) is 6.12. The van der Waals surface area contributed by atoms with Gasteiger partial charge in [0.2, 0.25) is 0 Å². The molecule has 0 saturated heterocycles. The standard InChI is InChI=1S/C14H14ClFN2O/c1-18(8-10-3-2-4-11(16)7-10)14-6-5-12(15)13(9-19)17-14/h2-7,19H,8-9H2,1H3. The summed E-state index contributed by atoms with van der Waals surface area (Å²) in [6, 6.07) is 9.88. The van der Waals surface area contributed by atoms with Gasteiger partial charge in [0, 0.05) is 13.6 Å². The molecule has 1 aromatic carbocycles. The molecule has 0 atom stereocenters. The Balaban J connectivity index is 2.18. The molecule has 0 unspecified atom stereocenters. The Morgan fingerprint density at radius 1 is 1.32 bits per heavy atom. The molecule has 19 heavy (non-hydrogen) atoms. The van der Waals surface area contributed by atoms with Gasteiger partial charge in [-0.05, 0) is 29.8 Å². The molecule has 0 aliphatic heterocycles. The second-order valence-corrected chi connectivity index (χ2v) is 4.65. The lowest BCUT2D eigenvalue weighted by atomic mass is 10.2. The first-order valence-electron chi connectivity index (χ1n) is 5.82. The van der Waals surface area contributed by atoms with Crippen molar-refractivity contribution in [1.82, 2.24) is 4.98 Å². The summed E-state index contributed by atoms with van der Waals surface area (Å²) in [6.45, 7) is 0.317. The van der Waals surface area contributed by atoms with Crippen molar-refractivity contribution in [1.29, 1.82) is 0 Å². The second-order valence-electron chi connectivity index (χ2n) is 4.24. The number of pyridine rings is 1. The first-order chi connectivity index (χ1) is 9.10. The molecule has 0 spiro atoms. The number of anilines is 1. The molecule has 1 N–H and O–H groups in total. The van der Waals surface area contributed by atoms with Crippen molar-refractivity contribution in [3.8, 4) is 0 Å². The molecule has 0 aliphatic rings. The van der Waals surface area contributed by atoms with Gasteiger partial charge in [-0.25, -0.2) is 9.37 Å². The monoisotopic (exact) mass is 280 g/mol. The van der Waals surface area contributed by atoms with Crippen molar-refractivity contribution in [3.63, 3.8) is 0 Å². The van der Waals surface area contributed by atoms with Crippen LogP contribution in [0.2, 0.25) is 5.02 Å². The van der Waals surface area contributed by atoms with Crippen LogP contribution >= 0.6 is 11.6 Å². The number of rotatable bonds is 4. The van der Waals surface area contributed by atoms with E-state index >= 15 is 0 Å². The molecule has 2 rings (SSSR count). The van der Waals surface area contributed by atoms with Gasteiger partial charge >= 0.3 is 0 Å². The number of nitrogens with zero attached hydrogens (tertiary/aromatic N) is 2. The summed E-state index contributed by atoms with van der Waals surface area (Å²) >= 11 is 5.89. The minimum atomic E-state index is -0.258. The lowest BCUT2D eigenvalue weighted by Crippen LogP contribution is -2.18. The van der Waals surface area contributed by atoms with E-state index in [-0.39, 0.29) is 12.4 Å². The van der Waals surface area contributed by atoms with Crippen LogP contribution < -0.4 is 4.90 Å². The Labute approximate surface area is 116 Å². The maximum absolute atomic E-state index is 13.1. The fraction of sp³-hybridized carbons (Fsp3) is 0.214. The van der Waals surface area contributed by atoms with E-state index in [9.17, 15) is 4.39 Å². The quantitative estimate of drug-likeness (QED) is 0.935. The summed E-state index contributed by atoms with van der Waals surface area (Å²) in [7, 11) is 1.85. The van der Waals surface area contributed by atoms with Crippen molar-refractivity contribution in [2.24, 2.45) is 0 Å². The van der Waals surface area contributed by atoms with Gasteiger partial charge in [-0.1, -0.05) is 23.7 Å². The lowest BCUT2D eigenvalue weighted by Gasteiger charge is -2.19. The summed E-state index contributed by atoms with van der Waals surface area (Å²) in [5.41, 5.74) is 1.29. The summed E-state index contributed by atoms with van der Waals surface area (Å²) in [5, 5.41) is 9.57. The van der Waals surface area contributed by atoms with Crippen molar-refractivity contribution in [3.05, 3.63) is 58.5 Å². The SMILES string of the molecule is CN(Cc1cccc(F)c1)c1ccc(Cl)c(CO)n1. The van der Waals surface area contributed by atoms with Crippen LogP contribution in [0.1, 0.15) is 11.3 Å². The Kier molecular flexibility index (Phi) is 4.35. The van der Waals surface area contributed by atoms with Gasteiger partial charge in [-0.3, -0.25) is 0 Å². The molecule has 100 valence electrons. The van der Waals surface area contributed by atoms with E-state index in [4.69, 9.17) is 16.7 Å². The van der Waals surface area contributed by atoms with Gasteiger partial charge in [-0.15, -0.1) is 0 Å². The largest absolute Gasteiger partial charge is 0.390 e. The van der Waals surface area contributed by atoms with Crippen LogP contribution in [-0.2, 0) is 13.2 Å². The number of aliphatic hydroxyl groups excluding tert-OH is 1. The van der Waals surface area contributed by atoms with Gasteiger partial charge in [0.1, 0.15) is 11.6 Å². The van der Waals surface area contributed by atoms with E-state index in [0.29, 0.717) is 23.1 Å². The molecule has 0 fully saturated rings. The normalized spacial score (nSPS) is 10.5. The molecule has 0 amide bonds. The summed E-state index contributed by atoms with van der Waals surface area (Å²) < 4.78 is 13.1. The van der Waals surface area contributed by atoms with E-state index in [2.05, 4.69) is 4.98 Å². The van der Waals surface area contributed by atoms with E-state index < -0.39 is 0 Å². The van der Waals surface area contributed by atoms with Crippen LogP contribution in [-0.4, -0.2) is 17.1 Å². The highest BCUT2D eigenvalue weighted by Crippen LogP contribution is 2.20. The Morgan fingerprint density at radius 2 is 2.11 bits per heavy atom. The van der Waals surface area contributed by atoms with Crippen LogP contribution in [0.4, 0.5) is 10.2 Å². The van der Waals surface area contributed by atoms with Crippen molar-refractivity contribution in [2.45, 2.75) is 13.2 Å². The smallest absolute Gasteiger partial charge is 0.129 e. The van der Waals surface area contributed by atoms with Crippen molar-refractivity contribution in [2.75, 3.05) is 11.9 Å². The Hall–Kier alpha value is -1.65. The summed E-state index contributed by atoms with van der Waals surface area (Å²) in [6.07, 6.45) is 0. The Morgan fingerprint density at radius 3 is 2.79 bits per heavy atom. The topological polar surface area (TPSA) is 36.4 Å². The number of aliphatic hydroxyl groups is 1. The minimum absolute atomic E-state index is 0.208. The molecule has 0 bridgehead atoms. The third-order valence-corrected chi connectivity index (χ3v) is 3.10. The van der Waals surface area contributed by atoms with E-state index in [1.165, 1.54) is 12.1 Å². The fourth-order valence-electron chi connectivity index (χ4n) is 1.79. The number of halogens is 2. The molecule has 5 heteroatoms. The first-order valence-corrected chi connectivity index (χ1v) is 6.20. The molecule has 0 aliphatic carbocycles. The zero-order chi connectivity index (χ0) is 13.8. The van der Waals surface area contributed by atoms with Gasteiger partial charge < -0.3 is 10.0 Å². The maximum atomic E-state index is 13.1. The van der Waals surface area contributed by atoms with Crippen LogP contribution in [0.25, 0.3) is 0 Å². The molecule has 3 nitrogen and oxygen atoms in total. The molecule has 1 aromatic heterocycles. The molecular formula is C14H14ClFN2O. The predicted molar refractivity (Wildman–Crippen MR) is 73.7 cm³/mol. The predicted octanol–water partition coefficient (Wildman–Crippen LogP) is 3.00. The zero-order valence-electron chi connectivity index (χ0n) is 10.5. The van der Waals surface area contributed by atoms with Gasteiger partial charge in [0.05, 0.1) is 17.3 Å². The number of hydrogen-bond donors (Lipinski definition) is 1. The van der Waals surface area contributed by atoms with Crippen LogP contribution in [0.15, 0.2) is 36.4 Å². The number of aromatic nitrogens is 1. The van der Waals surface area contributed by atoms with E-state index in [1.807, 2.05) is 18.0 Å². The third kappa shape index (κ3) is 3.43. The van der Waals surface area contributed by atoms with Gasteiger partial charge in [0.25, 0.3) is 0 Å². The van der Waals surface area contributed by atoms with Gasteiger partial charge in [0.15, 0.2) is 0 Å². The molecular weight excluding hydrogens is 267 g/mol. The van der Waals surface area contributed by atoms with Crippen LogP contribution in [0.5, 0.6) is 0 Å². The molecule has 2 aromatic rings. The first kappa shape index (κ1) is 13.8. The highest BCUT2D eigenvalue weighted by atomic mass is 35.5. The minimum Gasteiger partial charge on any atom is -0.390 e. The van der Waals surface area contributed by atoms with Crippen LogP contribution in [0, 0.1) is 5.82 Å². The number of benzene rings is 1. The van der Waals surface area contributed by atoms with Crippen molar-refractivity contribution < 1.29 is 9.50 Å². The van der Waals surface area contributed by atoms with E-state index in [1.54, 1.807) is 18.2 Å². The van der Waals surface area contributed by atoms with Crippen LogP contribution in [0.3, 0.4) is 0 Å². The second kappa shape index (κ2) is 5.99. The van der Waals surface area contributed by atoms with Crippen molar-refractivity contribution >= 4 is 17.4 Å². The molecule has 0 radical (unpaired) electrons. The zero-order valence-corrected chi connectivity index (χ0v) is 11.2.